The Morgan fingerprint density at radius 1 is 0.979 bits per heavy atom. The van der Waals surface area contributed by atoms with Crippen molar-refractivity contribution in [3.05, 3.63) is 136 Å². The minimum atomic E-state index is -0.957. The quantitative estimate of drug-likeness (QED) is 0.0565. The van der Waals surface area contributed by atoms with Gasteiger partial charge in [-0.1, -0.05) is 95.4 Å². The van der Waals surface area contributed by atoms with E-state index in [4.69, 9.17) is 9.47 Å². The van der Waals surface area contributed by atoms with Gasteiger partial charge in [0.2, 0.25) is 5.13 Å². The van der Waals surface area contributed by atoms with Gasteiger partial charge in [0.15, 0.2) is 4.34 Å². The van der Waals surface area contributed by atoms with E-state index in [1.165, 1.54) is 33.6 Å². The third-order valence-corrected chi connectivity index (χ3v) is 10.2. The number of Topliss-reactive ketones (excluding diaryl/α,β-unsaturated/α-hetero) is 1. The molecular weight excluding hydrogens is 631 g/mol. The molecular formula is C37H31N3O5S2. The number of carbonyl (C=O) groups is 2. The molecule has 10 heteroatoms. The molecule has 1 amide bonds. The number of rotatable bonds is 9. The summed E-state index contributed by atoms with van der Waals surface area (Å²) in [6.45, 7) is 4.37. The summed E-state index contributed by atoms with van der Waals surface area (Å²) in [5.74, 6) is 0.158. The number of aromatic nitrogens is 2. The first-order chi connectivity index (χ1) is 22.8. The Hall–Kier alpha value is -4.93. The van der Waals surface area contributed by atoms with Crippen LogP contribution in [0.4, 0.5) is 5.13 Å². The number of carbonyl (C=O) groups excluding carboxylic acids is 2. The molecule has 47 heavy (non-hydrogen) atoms. The average molecular weight is 662 g/mol. The third-order valence-electron chi connectivity index (χ3n) is 8.12. The molecule has 3 heterocycles. The molecule has 0 radical (unpaired) electrons. The molecule has 1 fully saturated rings. The van der Waals surface area contributed by atoms with E-state index in [2.05, 4.69) is 34.5 Å². The van der Waals surface area contributed by atoms with Crippen molar-refractivity contribution in [3.63, 3.8) is 0 Å². The van der Waals surface area contributed by atoms with Crippen LogP contribution in [0.2, 0.25) is 0 Å². The van der Waals surface area contributed by atoms with E-state index in [1.54, 1.807) is 18.2 Å². The van der Waals surface area contributed by atoms with Crippen molar-refractivity contribution < 1.29 is 24.2 Å². The monoisotopic (exact) mass is 661 g/mol. The number of ether oxygens (including phenoxy) is 2. The Balaban J connectivity index is 1.25. The maximum Gasteiger partial charge on any atom is 0.301 e. The highest BCUT2D eigenvalue weighted by Crippen LogP contribution is 2.45. The largest absolute Gasteiger partial charge is 0.507 e. The zero-order chi connectivity index (χ0) is 32.5. The smallest absolute Gasteiger partial charge is 0.301 e. The van der Waals surface area contributed by atoms with E-state index in [0.29, 0.717) is 40.0 Å². The Morgan fingerprint density at radius 2 is 1.79 bits per heavy atom. The van der Waals surface area contributed by atoms with Crippen molar-refractivity contribution in [3.8, 4) is 11.5 Å². The number of amides is 1. The highest BCUT2D eigenvalue weighted by atomic mass is 32.2. The highest BCUT2D eigenvalue weighted by molar-refractivity contribution is 8.00. The number of ketones is 1. The van der Waals surface area contributed by atoms with Crippen LogP contribution < -0.4 is 14.4 Å². The first-order valence-corrected chi connectivity index (χ1v) is 17.0. The van der Waals surface area contributed by atoms with E-state index in [1.807, 2.05) is 68.4 Å². The lowest BCUT2D eigenvalue weighted by Gasteiger charge is -2.23. The lowest BCUT2D eigenvalue weighted by atomic mass is 9.94. The molecule has 1 N–H and O–H groups in total. The zero-order valence-electron chi connectivity index (χ0n) is 25.8. The van der Waals surface area contributed by atoms with E-state index in [9.17, 15) is 14.7 Å². The molecule has 7 rings (SSSR count). The van der Waals surface area contributed by atoms with Crippen molar-refractivity contribution in [2.24, 2.45) is 0 Å². The van der Waals surface area contributed by atoms with Crippen LogP contribution in [-0.4, -0.2) is 33.1 Å². The van der Waals surface area contributed by atoms with Gasteiger partial charge in [0.25, 0.3) is 5.78 Å². The fourth-order valence-electron chi connectivity index (χ4n) is 5.77. The summed E-state index contributed by atoms with van der Waals surface area (Å²) in [6.07, 6.45) is 0.699. The molecule has 1 aromatic heterocycles. The van der Waals surface area contributed by atoms with Gasteiger partial charge in [-0.15, -0.1) is 10.2 Å². The summed E-state index contributed by atoms with van der Waals surface area (Å²) in [7, 11) is 0. The summed E-state index contributed by atoms with van der Waals surface area (Å²) < 4.78 is 12.6. The van der Waals surface area contributed by atoms with Crippen LogP contribution in [0.3, 0.4) is 0 Å². The molecule has 0 unspecified atom stereocenters. The second-order valence-electron chi connectivity index (χ2n) is 11.6. The highest BCUT2D eigenvalue weighted by Gasteiger charge is 2.48. The molecule has 8 nitrogen and oxygen atoms in total. The van der Waals surface area contributed by atoms with Crippen LogP contribution in [0, 0.1) is 6.92 Å². The van der Waals surface area contributed by atoms with Crippen LogP contribution in [0.25, 0.3) is 5.76 Å². The second kappa shape index (κ2) is 13.1. The van der Waals surface area contributed by atoms with Gasteiger partial charge < -0.3 is 14.6 Å². The number of anilines is 1. The van der Waals surface area contributed by atoms with Crippen LogP contribution in [0.5, 0.6) is 11.5 Å². The van der Waals surface area contributed by atoms with Gasteiger partial charge in [-0.25, -0.2) is 0 Å². The normalized spacial score (nSPS) is 18.3. The van der Waals surface area contributed by atoms with Gasteiger partial charge in [-0.2, -0.15) is 0 Å². The Bertz CT molecular complexity index is 1990. The summed E-state index contributed by atoms with van der Waals surface area (Å²) in [4.78, 5) is 28.9. The fourth-order valence-corrected chi connectivity index (χ4v) is 7.60. The first kappa shape index (κ1) is 30.7. The topological polar surface area (TPSA) is 102 Å². The zero-order valence-corrected chi connectivity index (χ0v) is 27.4. The molecule has 2 aliphatic heterocycles. The third kappa shape index (κ3) is 6.39. The van der Waals surface area contributed by atoms with Crippen LogP contribution in [-0.2, 0) is 28.4 Å². The van der Waals surface area contributed by atoms with Crippen molar-refractivity contribution in [2.45, 2.75) is 49.1 Å². The van der Waals surface area contributed by atoms with Crippen LogP contribution >= 0.6 is 23.1 Å². The number of benzene rings is 4. The summed E-state index contributed by atoms with van der Waals surface area (Å²) in [5.41, 5.74) is 5.27. The lowest BCUT2D eigenvalue weighted by Crippen LogP contribution is -2.29. The second-order valence-corrected chi connectivity index (χ2v) is 13.8. The Morgan fingerprint density at radius 3 is 2.60 bits per heavy atom. The first-order valence-electron chi connectivity index (χ1n) is 15.2. The molecule has 5 aromatic rings. The van der Waals surface area contributed by atoms with Crippen molar-refractivity contribution in [1.29, 1.82) is 0 Å². The number of fused-ring (bicyclic) bond motifs is 1. The Labute approximate surface area is 280 Å². The number of aliphatic hydroxyl groups excluding tert-OH is 1. The summed E-state index contributed by atoms with van der Waals surface area (Å²) >= 11 is 2.75. The van der Waals surface area contributed by atoms with Gasteiger partial charge in [-0.3, -0.25) is 14.5 Å². The van der Waals surface area contributed by atoms with Gasteiger partial charge in [-0.05, 0) is 66.4 Å². The minimum Gasteiger partial charge on any atom is -0.507 e. The molecule has 0 bridgehead atoms. The average Bonchev–Trinajstić information content (AvgIpc) is 3.78. The van der Waals surface area contributed by atoms with Gasteiger partial charge in [0, 0.05) is 17.7 Å². The van der Waals surface area contributed by atoms with Crippen LogP contribution in [0.15, 0.2) is 107 Å². The van der Waals surface area contributed by atoms with Gasteiger partial charge >= 0.3 is 5.91 Å². The molecule has 0 saturated carbocycles. The van der Waals surface area contributed by atoms with E-state index in [-0.39, 0.29) is 22.6 Å². The maximum atomic E-state index is 13.8. The number of hydrogen-bond acceptors (Lipinski definition) is 9. The maximum absolute atomic E-state index is 13.8. The SMILES string of the molecule is Cc1ccc(CSc2nnc(N3C(=O)C(=O)C(=C(O)c4ccc5c(c4)C[C@@H](C)O5)[C@H]3c3cccc(OCc4ccccc4)c3)s2)cc1. The van der Waals surface area contributed by atoms with Crippen molar-refractivity contribution in [2.75, 3.05) is 4.90 Å². The van der Waals surface area contributed by atoms with Crippen LogP contribution in [0.1, 0.15) is 46.3 Å². The van der Waals surface area contributed by atoms with E-state index < -0.39 is 17.7 Å². The van der Waals surface area contributed by atoms with E-state index in [0.717, 1.165) is 22.4 Å². The van der Waals surface area contributed by atoms with Gasteiger partial charge in [0.05, 0.1) is 11.6 Å². The molecule has 4 aromatic carbocycles. The predicted molar refractivity (Wildman–Crippen MR) is 183 cm³/mol. The number of hydrogen-bond donors (Lipinski definition) is 1. The molecule has 236 valence electrons. The minimum absolute atomic E-state index is 0.0158. The number of aryl methyl sites for hydroxylation is 1. The number of nitrogens with zero attached hydrogens (tertiary/aromatic N) is 3. The van der Waals surface area contributed by atoms with Gasteiger partial charge in [0.1, 0.15) is 30.0 Å². The molecule has 0 spiro atoms. The molecule has 2 aliphatic rings. The molecule has 2 atom stereocenters. The summed E-state index contributed by atoms with van der Waals surface area (Å²) in [6, 6.07) is 29.7. The number of thioether (sulfide) groups is 1. The standard InChI is InChI=1S/C37H31N3O5S2/c1-22-11-13-25(14-12-22)21-46-37-39-38-36(47-37)40-32(26-9-6-10-29(19-26)44-20-24-7-4-3-5-8-24)31(34(42)35(40)43)33(41)27-15-16-30-28(18-27)17-23(2)45-30/h3-16,18-19,23,32,41H,17,20-21H2,1-2H3/t23-,32-/m1/s1. The molecule has 1 saturated heterocycles. The Kier molecular flexibility index (Phi) is 8.53. The van der Waals surface area contributed by atoms with Crippen molar-refractivity contribution in [1.82, 2.24) is 10.2 Å². The summed E-state index contributed by atoms with van der Waals surface area (Å²) in [5, 5.41) is 20.7. The van der Waals surface area contributed by atoms with Crippen molar-refractivity contribution >= 4 is 45.7 Å². The fraction of sp³-hybridized carbons (Fsp3) is 0.189. The predicted octanol–water partition coefficient (Wildman–Crippen LogP) is 7.67. The number of aliphatic hydroxyl groups is 1. The van der Waals surface area contributed by atoms with E-state index >= 15 is 0 Å². The lowest BCUT2D eigenvalue weighted by molar-refractivity contribution is -0.132. The molecule has 0 aliphatic carbocycles.